The van der Waals surface area contributed by atoms with Gasteiger partial charge in [-0.2, -0.15) is 14.4 Å². The summed E-state index contributed by atoms with van der Waals surface area (Å²) in [4.78, 5) is 4.78. The third kappa shape index (κ3) is 2.77. The van der Waals surface area contributed by atoms with E-state index < -0.39 is 10.0 Å². The van der Waals surface area contributed by atoms with Crippen LogP contribution in [-0.4, -0.2) is 32.6 Å². The molecular formula is C19H21N5O3S. The van der Waals surface area contributed by atoms with E-state index in [4.69, 9.17) is 4.52 Å². The molecule has 2 aliphatic rings. The van der Waals surface area contributed by atoms with Crippen LogP contribution in [0.3, 0.4) is 0 Å². The molecule has 1 fully saturated rings. The predicted molar refractivity (Wildman–Crippen MR) is 101 cm³/mol. The van der Waals surface area contributed by atoms with E-state index in [1.54, 1.807) is 16.8 Å². The summed E-state index contributed by atoms with van der Waals surface area (Å²) in [6, 6.07) is 7.08. The summed E-state index contributed by atoms with van der Waals surface area (Å²) in [6.07, 6.45) is 3.04. The summed E-state index contributed by atoms with van der Waals surface area (Å²) in [5.74, 6) is 1.47. The van der Waals surface area contributed by atoms with Crippen LogP contribution in [0.5, 0.6) is 0 Å². The quantitative estimate of drug-likeness (QED) is 0.655. The average Bonchev–Trinajstić information content (AvgIpc) is 3.14. The zero-order valence-electron chi connectivity index (χ0n) is 15.8. The zero-order valence-corrected chi connectivity index (χ0v) is 16.6. The van der Waals surface area contributed by atoms with Crippen molar-refractivity contribution in [1.29, 1.82) is 0 Å². The molecule has 3 aromatic rings. The zero-order chi connectivity index (χ0) is 19.5. The molecular weight excluding hydrogens is 378 g/mol. The van der Waals surface area contributed by atoms with Crippen molar-refractivity contribution < 1.29 is 12.9 Å². The van der Waals surface area contributed by atoms with Crippen molar-refractivity contribution >= 4 is 10.0 Å². The second kappa shape index (κ2) is 6.25. The Balaban J connectivity index is 1.46. The molecule has 3 heterocycles. The van der Waals surface area contributed by atoms with Gasteiger partial charge in [-0.3, -0.25) is 4.68 Å². The second-order valence-corrected chi connectivity index (χ2v) is 9.34. The van der Waals surface area contributed by atoms with E-state index in [0.29, 0.717) is 28.2 Å². The number of hydrogen-bond donors (Lipinski definition) is 0. The van der Waals surface area contributed by atoms with Crippen molar-refractivity contribution in [2.24, 2.45) is 7.05 Å². The largest absolute Gasteiger partial charge is 0.332 e. The van der Waals surface area contributed by atoms with Crippen molar-refractivity contribution in [2.45, 2.75) is 50.1 Å². The lowest BCUT2D eigenvalue weighted by Crippen LogP contribution is -2.26. The highest BCUT2D eigenvalue weighted by atomic mass is 32.2. The third-order valence-electron chi connectivity index (χ3n) is 5.49. The standard InChI is InChI=1S/C19H21N5O3S/c1-3-12-4-8-14(9-5-12)28(25,26)24-10-15-16(11-24)23(2)21-17(15)19-20-18(22-27-19)13-6-7-13/h4-5,8-9,13H,3,6-7,10-11H2,1-2H3. The Morgan fingerprint density at radius 1 is 1.18 bits per heavy atom. The van der Waals surface area contributed by atoms with Crippen LogP contribution in [0.1, 0.15) is 48.3 Å². The van der Waals surface area contributed by atoms with Gasteiger partial charge in [0.2, 0.25) is 10.0 Å². The molecule has 28 heavy (non-hydrogen) atoms. The monoisotopic (exact) mass is 399 g/mol. The number of rotatable bonds is 5. The van der Waals surface area contributed by atoms with Crippen molar-refractivity contribution in [3.8, 4) is 11.6 Å². The third-order valence-corrected chi connectivity index (χ3v) is 7.30. The summed E-state index contributed by atoms with van der Waals surface area (Å²) < 4.78 is 34.8. The summed E-state index contributed by atoms with van der Waals surface area (Å²) in [6.45, 7) is 2.57. The number of benzene rings is 1. The fourth-order valence-corrected chi connectivity index (χ4v) is 4.96. The first kappa shape index (κ1) is 17.6. The van der Waals surface area contributed by atoms with Gasteiger partial charge in [-0.1, -0.05) is 24.2 Å². The maximum Gasteiger partial charge on any atom is 0.278 e. The van der Waals surface area contributed by atoms with E-state index in [1.165, 1.54) is 4.31 Å². The summed E-state index contributed by atoms with van der Waals surface area (Å²) in [5.41, 5.74) is 3.38. The Kier molecular flexibility index (Phi) is 3.92. The molecule has 1 aromatic carbocycles. The van der Waals surface area contributed by atoms with Gasteiger partial charge in [-0.15, -0.1) is 0 Å². The highest BCUT2D eigenvalue weighted by molar-refractivity contribution is 7.89. The van der Waals surface area contributed by atoms with Crippen molar-refractivity contribution in [3.05, 3.63) is 46.9 Å². The molecule has 0 unspecified atom stereocenters. The first-order valence-electron chi connectivity index (χ1n) is 9.45. The molecule has 0 atom stereocenters. The Morgan fingerprint density at radius 3 is 2.61 bits per heavy atom. The van der Waals surface area contributed by atoms with E-state index >= 15 is 0 Å². The second-order valence-electron chi connectivity index (χ2n) is 7.40. The predicted octanol–water partition coefficient (Wildman–Crippen LogP) is 2.61. The average molecular weight is 399 g/mol. The van der Waals surface area contributed by atoms with Crippen LogP contribution in [0.25, 0.3) is 11.6 Å². The molecule has 0 amide bonds. The van der Waals surface area contributed by atoms with Crippen LogP contribution < -0.4 is 0 Å². The van der Waals surface area contributed by atoms with Crippen LogP contribution in [0.2, 0.25) is 0 Å². The topological polar surface area (TPSA) is 94.1 Å². The molecule has 0 spiro atoms. The molecule has 1 aliphatic heterocycles. The van der Waals surface area contributed by atoms with Crippen molar-refractivity contribution in [1.82, 2.24) is 24.2 Å². The SMILES string of the molecule is CCc1ccc(S(=O)(=O)N2Cc3c(-c4nc(C5CC5)no4)nn(C)c3C2)cc1. The lowest BCUT2D eigenvalue weighted by Gasteiger charge is -2.16. The minimum absolute atomic E-state index is 0.248. The number of nitrogens with zero attached hydrogens (tertiary/aromatic N) is 5. The number of aryl methyl sites for hydroxylation is 2. The Labute approximate surface area is 163 Å². The first-order chi connectivity index (χ1) is 13.5. The van der Waals surface area contributed by atoms with E-state index in [1.807, 2.05) is 26.1 Å². The van der Waals surface area contributed by atoms with Gasteiger partial charge in [0.15, 0.2) is 11.5 Å². The maximum atomic E-state index is 13.1. The van der Waals surface area contributed by atoms with Crippen molar-refractivity contribution in [3.63, 3.8) is 0 Å². The van der Waals surface area contributed by atoms with Crippen LogP contribution in [0.15, 0.2) is 33.7 Å². The molecule has 2 aromatic heterocycles. The number of hydrogen-bond acceptors (Lipinski definition) is 6. The van der Waals surface area contributed by atoms with E-state index in [0.717, 1.165) is 36.1 Å². The summed E-state index contributed by atoms with van der Waals surface area (Å²) in [5, 5.41) is 8.56. The molecule has 0 N–H and O–H groups in total. The van der Waals surface area contributed by atoms with Crippen LogP contribution in [0.4, 0.5) is 0 Å². The van der Waals surface area contributed by atoms with Gasteiger partial charge in [0.1, 0.15) is 0 Å². The fourth-order valence-electron chi connectivity index (χ4n) is 3.59. The Bertz CT molecular complexity index is 1140. The Hall–Kier alpha value is -2.52. The van der Waals surface area contributed by atoms with E-state index in [2.05, 4.69) is 15.2 Å². The molecule has 1 saturated carbocycles. The fraction of sp³-hybridized carbons (Fsp3) is 0.421. The molecule has 1 aliphatic carbocycles. The number of sulfonamides is 1. The molecule has 0 saturated heterocycles. The smallest absolute Gasteiger partial charge is 0.278 e. The van der Waals surface area contributed by atoms with E-state index in [-0.39, 0.29) is 13.1 Å². The summed E-state index contributed by atoms with van der Waals surface area (Å²) in [7, 11) is -1.78. The molecule has 8 nitrogen and oxygen atoms in total. The van der Waals surface area contributed by atoms with Crippen LogP contribution in [0, 0.1) is 0 Å². The minimum atomic E-state index is -3.59. The lowest BCUT2D eigenvalue weighted by molar-refractivity contribution is 0.412. The minimum Gasteiger partial charge on any atom is -0.332 e. The highest BCUT2D eigenvalue weighted by Crippen LogP contribution is 2.40. The van der Waals surface area contributed by atoms with Crippen LogP contribution >= 0.6 is 0 Å². The molecule has 146 valence electrons. The highest BCUT2D eigenvalue weighted by Gasteiger charge is 2.37. The summed E-state index contributed by atoms with van der Waals surface area (Å²) >= 11 is 0. The van der Waals surface area contributed by atoms with Crippen LogP contribution in [-0.2, 0) is 36.6 Å². The van der Waals surface area contributed by atoms with Gasteiger partial charge in [0, 0.05) is 25.1 Å². The normalized spacial score (nSPS) is 17.2. The molecule has 0 bridgehead atoms. The molecule has 5 rings (SSSR count). The van der Waals surface area contributed by atoms with Crippen molar-refractivity contribution in [2.75, 3.05) is 0 Å². The van der Waals surface area contributed by atoms with Gasteiger partial charge in [0.05, 0.1) is 17.1 Å². The van der Waals surface area contributed by atoms with Gasteiger partial charge in [-0.05, 0) is 37.0 Å². The lowest BCUT2D eigenvalue weighted by atomic mass is 10.2. The number of aromatic nitrogens is 4. The van der Waals surface area contributed by atoms with Gasteiger partial charge >= 0.3 is 0 Å². The first-order valence-corrected chi connectivity index (χ1v) is 10.9. The maximum absolute atomic E-state index is 13.1. The molecule has 0 radical (unpaired) electrons. The van der Waals surface area contributed by atoms with Gasteiger partial charge < -0.3 is 4.52 Å². The Morgan fingerprint density at radius 2 is 1.93 bits per heavy atom. The van der Waals surface area contributed by atoms with Gasteiger partial charge in [0.25, 0.3) is 5.89 Å². The molecule has 9 heteroatoms. The van der Waals surface area contributed by atoms with E-state index in [9.17, 15) is 8.42 Å². The van der Waals surface area contributed by atoms with Gasteiger partial charge in [-0.25, -0.2) is 8.42 Å². The number of fused-ring (bicyclic) bond motifs is 1.